The Labute approximate surface area is 117 Å². The van der Waals surface area contributed by atoms with Gasteiger partial charge in [-0.2, -0.15) is 0 Å². The summed E-state index contributed by atoms with van der Waals surface area (Å²) in [4.78, 5) is 23.7. The molecule has 1 aromatic rings. The lowest BCUT2D eigenvalue weighted by molar-refractivity contribution is -0.123. The molecule has 4 unspecified atom stereocenters. The highest BCUT2D eigenvalue weighted by Crippen LogP contribution is 2.48. The minimum Gasteiger partial charge on any atom is -0.396 e. The van der Waals surface area contributed by atoms with E-state index in [0.717, 1.165) is 12.8 Å². The number of amides is 1. The van der Waals surface area contributed by atoms with E-state index in [1.165, 1.54) is 17.1 Å². The zero-order valence-corrected chi connectivity index (χ0v) is 11.4. The van der Waals surface area contributed by atoms with Crippen LogP contribution in [-0.2, 0) is 11.3 Å². The van der Waals surface area contributed by atoms with Gasteiger partial charge in [0.25, 0.3) is 5.56 Å². The van der Waals surface area contributed by atoms with Crippen molar-refractivity contribution in [2.24, 2.45) is 17.8 Å². The molecule has 2 aliphatic rings. The second kappa shape index (κ2) is 5.40. The molecule has 0 aromatic carbocycles. The lowest BCUT2D eigenvalue weighted by Gasteiger charge is -2.30. The van der Waals surface area contributed by atoms with Crippen LogP contribution >= 0.6 is 0 Å². The van der Waals surface area contributed by atoms with E-state index in [1.54, 1.807) is 18.3 Å². The van der Waals surface area contributed by atoms with Gasteiger partial charge in [-0.1, -0.05) is 6.07 Å². The van der Waals surface area contributed by atoms with Crippen molar-refractivity contribution < 1.29 is 9.90 Å². The molecule has 20 heavy (non-hydrogen) atoms. The van der Waals surface area contributed by atoms with E-state index in [2.05, 4.69) is 5.32 Å². The number of carbonyl (C=O) groups excluding carboxylic acids is 1. The average Bonchev–Trinajstić information content (AvgIpc) is 3.02. The first-order chi connectivity index (χ1) is 9.69. The number of nitrogens with zero attached hydrogens (tertiary/aromatic N) is 1. The van der Waals surface area contributed by atoms with Crippen LogP contribution in [0.4, 0.5) is 0 Å². The number of hydrogen-bond acceptors (Lipinski definition) is 3. The average molecular weight is 276 g/mol. The maximum Gasteiger partial charge on any atom is 0.250 e. The minimum atomic E-state index is -0.172. The summed E-state index contributed by atoms with van der Waals surface area (Å²) in [6.45, 7) is 0.184. The minimum absolute atomic E-state index is 0.0473. The Bertz CT molecular complexity index is 554. The van der Waals surface area contributed by atoms with E-state index in [9.17, 15) is 14.7 Å². The van der Waals surface area contributed by atoms with E-state index in [4.69, 9.17) is 0 Å². The molecular weight excluding hydrogens is 256 g/mol. The molecule has 0 aliphatic heterocycles. The standard InChI is InChI=1S/C15H20N2O3/c18-9-12-10-4-5-11(7-10)15(12)16-13(19)8-17-6-2-1-3-14(17)20/h1-3,6,10-12,15,18H,4-5,7-9H2,(H,16,19). The quantitative estimate of drug-likeness (QED) is 0.834. The maximum absolute atomic E-state index is 12.1. The van der Waals surface area contributed by atoms with Crippen LogP contribution in [0.15, 0.2) is 29.2 Å². The van der Waals surface area contributed by atoms with Crippen molar-refractivity contribution in [3.63, 3.8) is 0 Å². The number of pyridine rings is 1. The van der Waals surface area contributed by atoms with Gasteiger partial charge in [-0.15, -0.1) is 0 Å². The number of hydrogen-bond donors (Lipinski definition) is 2. The predicted octanol–water partition coefficient (Wildman–Crippen LogP) is 0.371. The van der Waals surface area contributed by atoms with Gasteiger partial charge >= 0.3 is 0 Å². The molecule has 5 nitrogen and oxygen atoms in total. The molecule has 2 saturated carbocycles. The predicted molar refractivity (Wildman–Crippen MR) is 74.0 cm³/mol. The van der Waals surface area contributed by atoms with Gasteiger partial charge in [-0.25, -0.2) is 0 Å². The highest BCUT2D eigenvalue weighted by Gasteiger charge is 2.47. The Hall–Kier alpha value is -1.62. The fourth-order valence-corrected chi connectivity index (χ4v) is 3.88. The molecule has 0 spiro atoms. The third kappa shape index (κ3) is 2.38. The highest BCUT2D eigenvalue weighted by atomic mass is 16.3. The molecule has 2 aliphatic carbocycles. The van der Waals surface area contributed by atoms with Crippen LogP contribution in [0.3, 0.4) is 0 Å². The van der Waals surface area contributed by atoms with Crippen LogP contribution in [0.5, 0.6) is 0 Å². The number of aliphatic hydroxyl groups excluding tert-OH is 1. The molecule has 1 heterocycles. The lowest BCUT2D eigenvalue weighted by atomic mass is 9.85. The Morgan fingerprint density at radius 2 is 2.15 bits per heavy atom. The molecule has 0 saturated heterocycles. The van der Waals surface area contributed by atoms with Crippen molar-refractivity contribution in [2.75, 3.05) is 6.61 Å². The Kier molecular flexibility index (Phi) is 3.61. The Balaban J connectivity index is 1.65. The van der Waals surface area contributed by atoms with E-state index in [1.807, 2.05) is 0 Å². The lowest BCUT2D eigenvalue weighted by Crippen LogP contribution is -2.46. The van der Waals surface area contributed by atoms with Crippen LogP contribution in [0.2, 0.25) is 0 Å². The van der Waals surface area contributed by atoms with Crippen LogP contribution < -0.4 is 10.9 Å². The number of aliphatic hydroxyl groups is 1. The molecule has 5 heteroatoms. The first-order valence-electron chi connectivity index (χ1n) is 7.24. The van der Waals surface area contributed by atoms with E-state index >= 15 is 0 Å². The van der Waals surface area contributed by atoms with Crippen molar-refractivity contribution >= 4 is 5.91 Å². The monoisotopic (exact) mass is 276 g/mol. The van der Waals surface area contributed by atoms with Gasteiger partial charge in [0.15, 0.2) is 0 Å². The molecule has 108 valence electrons. The molecule has 2 fully saturated rings. The number of fused-ring (bicyclic) bond motifs is 2. The topological polar surface area (TPSA) is 71.3 Å². The van der Waals surface area contributed by atoms with Crippen LogP contribution in [-0.4, -0.2) is 28.2 Å². The Morgan fingerprint density at radius 1 is 1.35 bits per heavy atom. The van der Waals surface area contributed by atoms with Gasteiger partial charge in [-0.3, -0.25) is 9.59 Å². The van der Waals surface area contributed by atoms with Crippen LogP contribution in [0, 0.1) is 17.8 Å². The van der Waals surface area contributed by atoms with Gasteiger partial charge in [0.1, 0.15) is 6.54 Å². The normalized spacial score (nSPS) is 31.4. The van der Waals surface area contributed by atoms with Crippen molar-refractivity contribution in [1.82, 2.24) is 9.88 Å². The van der Waals surface area contributed by atoms with E-state index < -0.39 is 0 Å². The summed E-state index contributed by atoms with van der Waals surface area (Å²) in [6, 6.07) is 4.92. The highest BCUT2D eigenvalue weighted by molar-refractivity contribution is 5.76. The van der Waals surface area contributed by atoms with Crippen molar-refractivity contribution in [1.29, 1.82) is 0 Å². The molecule has 3 rings (SSSR count). The second-order valence-electron chi connectivity index (χ2n) is 5.94. The maximum atomic E-state index is 12.1. The van der Waals surface area contributed by atoms with Gasteiger partial charge in [0, 0.05) is 30.8 Å². The first kappa shape index (κ1) is 13.4. The van der Waals surface area contributed by atoms with Crippen molar-refractivity contribution in [2.45, 2.75) is 31.8 Å². The summed E-state index contributed by atoms with van der Waals surface area (Å²) >= 11 is 0. The van der Waals surface area contributed by atoms with Crippen molar-refractivity contribution in [3.8, 4) is 0 Å². The fourth-order valence-electron chi connectivity index (χ4n) is 3.88. The summed E-state index contributed by atoms with van der Waals surface area (Å²) in [7, 11) is 0. The summed E-state index contributed by atoms with van der Waals surface area (Å²) in [5.74, 6) is 1.09. The van der Waals surface area contributed by atoms with Crippen LogP contribution in [0.25, 0.3) is 0 Å². The third-order valence-electron chi connectivity index (χ3n) is 4.84. The van der Waals surface area contributed by atoms with Crippen molar-refractivity contribution in [3.05, 3.63) is 34.7 Å². The molecule has 0 radical (unpaired) electrons. The number of aromatic nitrogens is 1. The Morgan fingerprint density at radius 3 is 2.90 bits per heavy atom. The smallest absolute Gasteiger partial charge is 0.250 e. The number of carbonyl (C=O) groups is 1. The SMILES string of the molecule is O=C(Cn1ccccc1=O)NC1C2CCC(C2)C1CO. The first-order valence-corrected chi connectivity index (χ1v) is 7.24. The van der Waals surface area contributed by atoms with Gasteiger partial charge in [0.2, 0.25) is 5.91 Å². The zero-order chi connectivity index (χ0) is 14.1. The molecule has 4 atom stereocenters. The largest absolute Gasteiger partial charge is 0.396 e. The molecule has 2 bridgehead atoms. The van der Waals surface area contributed by atoms with Gasteiger partial charge < -0.3 is 15.0 Å². The summed E-state index contributed by atoms with van der Waals surface area (Å²) in [6.07, 6.45) is 5.03. The molecular formula is C15H20N2O3. The zero-order valence-electron chi connectivity index (χ0n) is 11.4. The summed E-state index contributed by atoms with van der Waals surface area (Å²) in [5.41, 5.74) is -0.172. The number of rotatable bonds is 4. The number of nitrogens with one attached hydrogen (secondary N) is 1. The van der Waals surface area contributed by atoms with Crippen LogP contribution in [0.1, 0.15) is 19.3 Å². The molecule has 1 aromatic heterocycles. The second-order valence-corrected chi connectivity index (χ2v) is 5.94. The third-order valence-corrected chi connectivity index (χ3v) is 4.84. The fraction of sp³-hybridized carbons (Fsp3) is 0.600. The summed E-state index contributed by atoms with van der Waals surface area (Å²) < 4.78 is 1.40. The molecule has 2 N–H and O–H groups in total. The summed E-state index contributed by atoms with van der Waals surface area (Å²) in [5, 5.41) is 12.5. The van der Waals surface area contributed by atoms with E-state index in [-0.39, 0.29) is 36.6 Å². The molecule has 1 amide bonds. The van der Waals surface area contributed by atoms with E-state index in [0.29, 0.717) is 11.8 Å². The van der Waals surface area contributed by atoms with Gasteiger partial charge in [-0.05, 0) is 37.2 Å². The van der Waals surface area contributed by atoms with Gasteiger partial charge in [0.05, 0.1) is 0 Å².